The summed E-state index contributed by atoms with van der Waals surface area (Å²) in [5, 5.41) is -0.0580. The fourth-order valence-corrected chi connectivity index (χ4v) is 3.57. The van der Waals surface area contributed by atoms with Gasteiger partial charge in [0, 0.05) is 12.6 Å². The molecule has 2 fully saturated rings. The Balaban J connectivity index is 0.00000210. The summed E-state index contributed by atoms with van der Waals surface area (Å²) in [6.45, 7) is 0.00311. The molecule has 0 amide bonds. The van der Waals surface area contributed by atoms with Crippen LogP contribution in [0.5, 0.6) is 5.75 Å². The van der Waals surface area contributed by atoms with E-state index in [2.05, 4.69) is 0 Å². The lowest BCUT2D eigenvalue weighted by atomic mass is 10.1. The second-order valence-electron chi connectivity index (χ2n) is 6.78. The van der Waals surface area contributed by atoms with Crippen molar-refractivity contribution >= 4 is 29.0 Å². The number of hydrogen-bond acceptors (Lipinski definition) is 6. The van der Waals surface area contributed by atoms with Gasteiger partial charge in [-0.3, -0.25) is 9.36 Å². The molecule has 0 spiro atoms. The number of aromatic nitrogens is 2. The van der Waals surface area contributed by atoms with Crippen LogP contribution in [0.1, 0.15) is 18.9 Å². The summed E-state index contributed by atoms with van der Waals surface area (Å²) in [7, 11) is 1.32. The molecule has 2 aromatic rings. The maximum atomic E-state index is 14.9. The molecule has 27 heavy (non-hydrogen) atoms. The van der Waals surface area contributed by atoms with Crippen LogP contribution in [0.4, 0.5) is 14.5 Å². The van der Waals surface area contributed by atoms with E-state index in [0.29, 0.717) is 4.68 Å². The van der Waals surface area contributed by atoms with E-state index >= 15 is 0 Å². The van der Waals surface area contributed by atoms with Gasteiger partial charge in [0.15, 0.2) is 11.6 Å². The number of rotatable bonds is 3. The van der Waals surface area contributed by atoms with E-state index in [1.54, 1.807) is 0 Å². The van der Waals surface area contributed by atoms with Gasteiger partial charge in [0.2, 0.25) is 0 Å². The number of nitrogens with two attached hydrogens (primary N) is 2. The van der Waals surface area contributed by atoms with Gasteiger partial charge in [-0.15, -0.1) is 12.4 Å². The summed E-state index contributed by atoms with van der Waals surface area (Å²) < 4.78 is 36.0. The zero-order valence-electron chi connectivity index (χ0n) is 14.5. The average Bonchev–Trinajstić information content (AvgIpc) is 3.38. The molecule has 148 valence electrons. The van der Waals surface area contributed by atoms with Crippen molar-refractivity contribution in [3.05, 3.63) is 32.7 Å². The molecule has 1 saturated heterocycles. The van der Waals surface area contributed by atoms with Crippen molar-refractivity contribution in [2.75, 3.05) is 30.9 Å². The van der Waals surface area contributed by atoms with Crippen LogP contribution in [0.2, 0.25) is 0 Å². The first-order valence-corrected chi connectivity index (χ1v) is 8.32. The van der Waals surface area contributed by atoms with Crippen LogP contribution < -0.4 is 32.5 Å². The van der Waals surface area contributed by atoms with Crippen molar-refractivity contribution in [1.82, 2.24) is 9.24 Å². The highest BCUT2D eigenvalue weighted by atomic mass is 35.5. The number of benzene rings is 1. The van der Waals surface area contributed by atoms with Crippen LogP contribution in [-0.4, -0.2) is 41.7 Å². The fourth-order valence-electron chi connectivity index (χ4n) is 3.57. The number of nitrogens with zero attached hydrogens (tertiary/aromatic N) is 3. The third kappa shape index (κ3) is 2.83. The monoisotopic (exact) mass is 403 g/mol. The standard InChI is InChI=1S/C16H19F2N5O3.ClH/c1-26-14-12-8(15(24)23(20)16(25)22(12)7-2-3-7)4-9(17)13(14)21-5-10(18)11(19)6-21;/h4,7,10-11H,2-3,5-6,19-20H2,1H3;1H. The highest BCUT2D eigenvalue weighted by molar-refractivity contribution is 5.91. The van der Waals surface area contributed by atoms with Crippen LogP contribution >= 0.6 is 12.4 Å². The van der Waals surface area contributed by atoms with E-state index in [1.165, 1.54) is 16.6 Å². The van der Waals surface area contributed by atoms with Crippen LogP contribution in [0.25, 0.3) is 10.9 Å². The Hall–Kier alpha value is -2.33. The Morgan fingerprint density at radius 1 is 1.26 bits per heavy atom. The maximum absolute atomic E-state index is 14.9. The topological polar surface area (TPSA) is 109 Å². The summed E-state index contributed by atoms with van der Waals surface area (Å²) in [5.74, 6) is 4.84. The first kappa shape index (κ1) is 19.4. The molecule has 1 aromatic heterocycles. The number of halogens is 3. The third-order valence-corrected chi connectivity index (χ3v) is 5.01. The predicted octanol–water partition coefficient (Wildman–Crippen LogP) is 0.267. The Labute approximate surface area is 158 Å². The molecule has 1 saturated carbocycles. The maximum Gasteiger partial charge on any atom is 0.350 e. The quantitative estimate of drug-likeness (QED) is 0.712. The lowest BCUT2D eigenvalue weighted by molar-refractivity contribution is 0.333. The molecule has 2 aliphatic rings. The summed E-state index contributed by atoms with van der Waals surface area (Å²) in [6.07, 6.45) is 0.173. The SMILES string of the molecule is COc1c(N2CC(N)C(F)C2)c(F)cc2c(=O)n(N)c(=O)n(C3CC3)c12.Cl. The number of methoxy groups -OCH3 is 1. The molecule has 0 radical (unpaired) electrons. The van der Waals surface area contributed by atoms with Crippen molar-refractivity contribution in [3.63, 3.8) is 0 Å². The molecular formula is C16H20ClF2N5O3. The molecule has 4 rings (SSSR count). The van der Waals surface area contributed by atoms with Crippen LogP contribution in [0.3, 0.4) is 0 Å². The molecule has 11 heteroatoms. The lowest BCUT2D eigenvalue weighted by Crippen LogP contribution is -2.44. The van der Waals surface area contributed by atoms with E-state index in [9.17, 15) is 18.4 Å². The van der Waals surface area contributed by atoms with E-state index in [1.807, 2.05) is 0 Å². The molecule has 0 bridgehead atoms. The minimum absolute atomic E-state index is 0. The van der Waals surface area contributed by atoms with Crippen molar-refractivity contribution in [3.8, 4) is 5.75 Å². The number of ether oxygens (including phenoxy) is 1. The Bertz CT molecular complexity index is 1010. The van der Waals surface area contributed by atoms with E-state index in [0.717, 1.165) is 18.9 Å². The van der Waals surface area contributed by atoms with Gasteiger partial charge in [-0.25, -0.2) is 13.6 Å². The largest absolute Gasteiger partial charge is 0.492 e. The van der Waals surface area contributed by atoms with Crippen molar-refractivity contribution in [2.45, 2.75) is 31.1 Å². The molecule has 2 unspecified atom stereocenters. The van der Waals surface area contributed by atoms with Gasteiger partial charge < -0.3 is 21.2 Å². The number of fused-ring (bicyclic) bond motifs is 1. The minimum Gasteiger partial charge on any atom is -0.492 e. The molecule has 2 heterocycles. The number of nitrogen functional groups attached to an aromatic ring is 1. The first-order valence-electron chi connectivity index (χ1n) is 8.32. The van der Waals surface area contributed by atoms with Gasteiger partial charge in [-0.1, -0.05) is 0 Å². The summed E-state index contributed by atoms with van der Waals surface area (Å²) in [6, 6.07) is 0.133. The second kappa shape index (κ2) is 6.68. The van der Waals surface area contributed by atoms with Crippen LogP contribution in [0.15, 0.2) is 15.7 Å². The highest BCUT2D eigenvalue weighted by Gasteiger charge is 2.36. The number of hydrogen-bond donors (Lipinski definition) is 2. The predicted molar refractivity (Wildman–Crippen MR) is 99.7 cm³/mol. The Morgan fingerprint density at radius 3 is 2.44 bits per heavy atom. The Morgan fingerprint density at radius 2 is 1.93 bits per heavy atom. The van der Waals surface area contributed by atoms with Crippen molar-refractivity contribution in [1.29, 1.82) is 0 Å². The molecule has 8 nitrogen and oxygen atoms in total. The molecule has 1 aliphatic heterocycles. The molecule has 1 aliphatic carbocycles. The van der Waals surface area contributed by atoms with Crippen LogP contribution in [-0.2, 0) is 0 Å². The smallest absolute Gasteiger partial charge is 0.350 e. The summed E-state index contributed by atoms with van der Waals surface area (Å²) in [5.41, 5.74) is 4.38. The van der Waals surface area contributed by atoms with Gasteiger partial charge in [-0.05, 0) is 18.9 Å². The molecule has 2 atom stereocenters. The third-order valence-electron chi connectivity index (χ3n) is 5.01. The van der Waals surface area contributed by atoms with Gasteiger partial charge >= 0.3 is 5.69 Å². The number of alkyl halides is 1. The molecule has 4 N–H and O–H groups in total. The molecular weight excluding hydrogens is 384 g/mol. The number of anilines is 1. The van der Waals surface area contributed by atoms with E-state index in [-0.39, 0.29) is 53.9 Å². The van der Waals surface area contributed by atoms with Crippen molar-refractivity contribution < 1.29 is 13.5 Å². The van der Waals surface area contributed by atoms with Crippen molar-refractivity contribution in [2.24, 2.45) is 5.73 Å². The van der Waals surface area contributed by atoms with Gasteiger partial charge in [0.25, 0.3) is 5.56 Å². The summed E-state index contributed by atoms with van der Waals surface area (Å²) in [4.78, 5) is 26.4. The van der Waals surface area contributed by atoms with E-state index in [4.69, 9.17) is 16.3 Å². The van der Waals surface area contributed by atoms with Gasteiger partial charge in [0.1, 0.15) is 17.4 Å². The molecule has 1 aromatic carbocycles. The summed E-state index contributed by atoms with van der Waals surface area (Å²) >= 11 is 0. The minimum atomic E-state index is -1.31. The highest BCUT2D eigenvalue weighted by Crippen LogP contribution is 2.43. The second-order valence-corrected chi connectivity index (χ2v) is 6.78. The van der Waals surface area contributed by atoms with Gasteiger partial charge in [0.05, 0.1) is 25.1 Å². The fraction of sp³-hybridized carbons (Fsp3) is 0.500. The normalized spacial score (nSPS) is 22.1. The average molecular weight is 404 g/mol. The Kier molecular flexibility index (Phi) is 4.81. The lowest BCUT2D eigenvalue weighted by Gasteiger charge is -2.24. The first-order chi connectivity index (χ1) is 12.3. The zero-order valence-corrected chi connectivity index (χ0v) is 15.3. The van der Waals surface area contributed by atoms with Gasteiger partial charge in [-0.2, -0.15) is 4.68 Å². The van der Waals surface area contributed by atoms with Crippen LogP contribution in [0, 0.1) is 5.82 Å². The zero-order chi connectivity index (χ0) is 18.7. The van der Waals surface area contributed by atoms with E-state index < -0.39 is 29.3 Å².